The van der Waals surface area contributed by atoms with Crippen molar-refractivity contribution in [2.24, 2.45) is 10.9 Å². The summed E-state index contributed by atoms with van der Waals surface area (Å²) in [5.41, 5.74) is 6.42. The Morgan fingerprint density at radius 3 is 2.75 bits per heavy atom. The number of nitrogens with two attached hydrogens (primary N) is 1. The Balaban J connectivity index is 2.22. The van der Waals surface area contributed by atoms with E-state index in [1.807, 2.05) is 18.2 Å². The quantitative estimate of drug-likeness (QED) is 0.368. The summed E-state index contributed by atoms with van der Waals surface area (Å²) in [6.07, 6.45) is 0.863. The van der Waals surface area contributed by atoms with Crippen LogP contribution in [0.25, 0.3) is 0 Å². The molecule has 1 fully saturated rings. The molecule has 6 nitrogen and oxygen atoms in total. The van der Waals surface area contributed by atoms with E-state index >= 15 is 0 Å². The molecule has 1 heterocycles. The van der Waals surface area contributed by atoms with E-state index in [0.29, 0.717) is 18.7 Å². The van der Waals surface area contributed by atoms with Gasteiger partial charge in [0, 0.05) is 20.2 Å². The van der Waals surface area contributed by atoms with Crippen molar-refractivity contribution in [2.75, 3.05) is 20.2 Å². The second-order valence-electron chi connectivity index (χ2n) is 4.80. The van der Waals surface area contributed by atoms with Gasteiger partial charge in [-0.3, -0.25) is 4.79 Å². The summed E-state index contributed by atoms with van der Waals surface area (Å²) >= 11 is 0. The molecule has 1 amide bonds. The summed E-state index contributed by atoms with van der Waals surface area (Å²) in [4.78, 5) is 14.3. The van der Waals surface area contributed by atoms with Gasteiger partial charge in [0.25, 0.3) is 0 Å². The van der Waals surface area contributed by atoms with Crippen LogP contribution in [-0.4, -0.2) is 48.2 Å². The average Bonchev–Trinajstić information content (AvgIpc) is 2.97. The molecule has 0 aliphatic carbocycles. The van der Waals surface area contributed by atoms with E-state index < -0.39 is 5.92 Å². The number of rotatable bonds is 4. The number of hydrogen-bond acceptors (Lipinski definition) is 4. The van der Waals surface area contributed by atoms with E-state index in [-0.39, 0.29) is 17.8 Å². The van der Waals surface area contributed by atoms with E-state index in [0.717, 1.165) is 6.42 Å². The smallest absolute Gasteiger partial charge is 0.237 e. The molecule has 108 valence electrons. The topological polar surface area (TPSA) is 88.2 Å². The Hall–Kier alpha value is -2.08. The van der Waals surface area contributed by atoms with Gasteiger partial charge in [0.1, 0.15) is 5.92 Å². The molecule has 1 aromatic rings. The summed E-state index contributed by atoms with van der Waals surface area (Å²) in [5.74, 6) is -1.01. The largest absolute Gasteiger partial charge is 0.409 e. The zero-order chi connectivity index (χ0) is 14.5. The van der Waals surface area contributed by atoms with Crippen molar-refractivity contribution in [1.29, 1.82) is 0 Å². The number of amidine groups is 1. The van der Waals surface area contributed by atoms with Crippen molar-refractivity contribution >= 4 is 11.7 Å². The molecule has 0 aromatic heterocycles. The van der Waals surface area contributed by atoms with Crippen molar-refractivity contribution in [3.63, 3.8) is 0 Å². The van der Waals surface area contributed by atoms with Crippen LogP contribution in [0.5, 0.6) is 0 Å². The maximum atomic E-state index is 12.6. The zero-order valence-corrected chi connectivity index (χ0v) is 11.4. The van der Waals surface area contributed by atoms with Crippen LogP contribution in [0.1, 0.15) is 17.9 Å². The summed E-state index contributed by atoms with van der Waals surface area (Å²) in [5, 5.41) is 11.9. The van der Waals surface area contributed by atoms with Gasteiger partial charge < -0.3 is 20.6 Å². The molecule has 0 spiro atoms. The van der Waals surface area contributed by atoms with Crippen molar-refractivity contribution in [1.82, 2.24) is 4.90 Å². The number of nitrogens with zero attached hydrogens (tertiary/aromatic N) is 2. The first-order chi connectivity index (χ1) is 9.67. The maximum Gasteiger partial charge on any atom is 0.237 e. The Morgan fingerprint density at radius 2 is 2.20 bits per heavy atom. The predicted molar refractivity (Wildman–Crippen MR) is 74.6 cm³/mol. The van der Waals surface area contributed by atoms with Gasteiger partial charge in [0.15, 0.2) is 5.84 Å². The van der Waals surface area contributed by atoms with Crippen LogP contribution < -0.4 is 5.73 Å². The van der Waals surface area contributed by atoms with Crippen LogP contribution in [0.2, 0.25) is 0 Å². The summed E-state index contributed by atoms with van der Waals surface area (Å²) in [6.45, 7) is 1.16. The number of benzene rings is 1. The van der Waals surface area contributed by atoms with Crippen LogP contribution in [0.3, 0.4) is 0 Å². The second-order valence-corrected chi connectivity index (χ2v) is 4.80. The number of hydrogen-bond donors (Lipinski definition) is 2. The molecule has 1 aliphatic heterocycles. The molecule has 0 radical (unpaired) electrons. The molecule has 1 saturated heterocycles. The minimum absolute atomic E-state index is 0.0580. The molecule has 6 heteroatoms. The van der Waals surface area contributed by atoms with Gasteiger partial charge in [-0.05, 0) is 12.0 Å². The molecule has 0 saturated carbocycles. The van der Waals surface area contributed by atoms with Crippen LogP contribution in [-0.2, 0) is 9.53 Å². The predicted octanol–water partition coefficient (Wildman–Crippen LogP) is 0.764. The minimum Gasteiger partial charge on any atom is -0.409 e. The molecule has 3 N–H and O–H groups in total. The third kappa shape index (κ3) is 2.91. The highest BCUT2D eigenvalue weighted by atomic mass is 16.5. The van der Waals surface area contributed by atoms with E-state index in [4.69, 9.17) is 15.7 Å². The maximum absolute atomic E-state index is 12.6. The number of carbonyl (C=O) groups is 1. The molecule has 2 rings (SSSR count). The number of oxime groups is 1. The van der Waals surface area contributed by atoms with Crippen LogP contribution in [0.15, 0.2) is 35.5 Å². The van der Waals surface area contributed by atoms with E-state index in [2.05, 4.69) is 5.16 Å². The first-order valence-electron chi connectivity index (χ1n) is 6.51. The SMILES string of the molecule is COC1CCN(C(=O)C(/C(N)=N/O)c2ccccc2)C1. The van der Waals surface area contributed by atoms with Gasteiger partial charge in [-0.1, -0.05) is 35.5 Å². The molecular weight excluding hydrogens is 258 g/mol. The standard InChI is InChI=1S/C14H19N3O3/c1-20-11-7-8-17(9-11)14(18)12(13(15)16-19)10-5-3-2-4-6-10/h2-6,11-12,19H,7-9H2,1H3,(H2,15,16). The molecule has 20 heavy (non-hydrogen) atoms. The molecule has 0 bridgehead atoms. The average molecular weight is 277 g/mol. The van der Waals surface area contributed by atoms with Crippen molar-refractivity contribution in [3.8, 4) is 0 Å². The van der Waals surface area contributed by atoms with E-state index in [9.17, 15) is 4.79 Å². The molecule has 1 aromatic carbocycles. The van der Waals surface area contributed by atoms with Crippen LogP contribution >= 0.6 is 0 Å². The molecule has 1 aliphatic rings. The second kappa shape index (κ2) is 6.38. The van der Waals surface area contributed by atoms with Gasteiger partial charge in [0.2, 0.25) is 5.91 Å². The van der Waals surface area contributed by atoms with Crippen molar-refractivity contribution in [2.45, 2.75) is 18.4 Å². The number of carbonyl (C=O) groups excluding carboxylic acids is 1. The van der Waals surface area contributed by atoms with Gasteiger partial charge in [0.05, 0.1) is 6.10 Å². The lowest BCUT2D eigenvalue weighted by Crippen LogP contribution is -2.40. The zero-order valence-electron chi connectivity index (χ0n) is 11.4. The van der Waals surface area contributed by atoms with Gasteiger partial charge >= 0.3 is 0 Å². The summed E-state index contributed by atoms with van der Waals surface area (Å²) < 4.78 is 5.26. The van der Waals surface area contributed by atoms with Crippen molar-refractivity contribution < 1.29 is 14.7 Å². The lowest BCUT2D eigenvalue weighted by molar-refractivity contribution is -0.130. The van der Waals surface area contributed by atoms with Crippen molar-refractivity contribution in [3.05, 3.63) is 35.9 Å². The number of ether oxygens (including phenoxy) is 1. The first-order valence-corrected chi connectivity index (χ1v) is 6.51. The molecule has 2 unspecified atom stereocenters. The third-order valence-electron chi connectivity index (χ3n) is 3.58. The highest BCUT2D eigenvalue weighted by Gasteiger charge is 2.34. The Morgan fingerprint density at radius 1 is 1.50 bits per heavy atom. The fourth-order valence-electron chi connectivity index (χ4n) is 2.45. The van der Waals surface area contributed by atoms with Gasteiger partial charge in [-0.25, -0.2) is 0 Å². The van der Waals surface area contributed by atoms with Gasteiger partial charge in [-0.15, -0.1) is 0 Å². The monoisotopic (exact) mass is 277 g/mol. The third-order valence-corrected chi connectivity index (χ3v) is 3.58. The van der Waals surface area contributed by atoms with E-state index in [1.165, 1.54) is 0 Å². The molecular formula is C14H19N3O3. The number of amides is 1. The lowest BCUT2D eigenvalue weighted by atomic mass is 9.96. The Labute approximate surface area is 117 Å². The highest BCUT2D eigenvalue weighted by molar-refractivity contribution is 6.07. The Kier molecular flexibility index (Phi) is 4.57. The lowest BCUT2D eigenvalue weighted by Gasteiger charge is -2.23. The Bertz CT molecular complexity index is 490. The fourth-order valence-corrected chi connectivity index (χ4v) is 2.45. The van der Waals surface area contributed by atoms with Crippen LogP contribution in [0, 0.1) is 0 Å². The summed E-state index contributed by atoms with van der Waals surface area (Å²) in [7, 11) is 1.64. The number of likely N-dealkylation sites (tertiary alicyclic amines) is 1. The minimum atomic E-state index is -0.753. The number of methoxy groups -OCH3 is 1. The van der Waals surface area contributed by atoms with E-state index in [1.54, 1.807) is 24.1 Å². The highest BCUT2D eigenvalue weighted by Crippen LogP contribution is 2.22. The molecule has 2 atom stereocenters. The fraction of sp³-hybridized carbons (Fsp3) is 0.429. The van der Waals surface area contributed by atoms with Gasteiger partial charge in [-0.2, -0.15) is 0 Å². The normalized spacial score (nSPS) is 20.9. The first kappa shape index (κ1) is 14.3. The summed E-state index contributed by atoms with van der Waals surface area (Å²) in [6, 6.07) is 9.09. The van der Waals surface area contributed by atoms with Crippen LogP contribution in [0.4, 0.5) is 0 Å².